The van der Waals surface area contributed by atoms with Crippen molar-refractivity contribution in [1.29, 1.82) is 0 Å². The van der Waals surface area contributed by atoms with Crippen molar-refractivity contribution in [2.75, 3.05) is 13.1 Å². The molecule has 1 aliphatic heterocycles. The summed E-state index contributed by atoms with van der Waals surface area (Å²) < 4.78 is 13.0. The molecule has 0 aliphatic carbocycles. The number of likely N-dealkylation sites (tertiary alicyclic amines) is 1. The number of thiazole rings is 1. The lowest BCUT2D eigenvalue weighted by atomic mass is 9.98. The van der Waals surface area contributed by atoms with Gasteiger partial charge in [0.1, 0.15) is 5.82 Å². The van der Waals surface area contributed by atoms with Crippen molar-refractivity contribution < 1.29 is 14.0 Å². The Morgan fingerprint density at radius 2 is 2.07 bits per heavy atom. The summed E-state index contributed by atoms with van der Waals surface area (Å²) in [6, 6.07) is 6.09. The number of benzene rings is 1. The third-order valence-electron chi connectivity index (χ3n) is 4.93. The first-order valence-electron chi connectivity index (χ1n) is 9.66. The highest BCUT2D eigenvalue weighted by atomic mass is 32.1. The molecule has 5 nitrogen and oxygen atoms in total. The largest absolute Gasteiger partial charge is 0.350 e. The van der Waals surface area contributed by atoms with Crippen LogP contribution in [0.25, 0.3) is 0 Å². The van der Waals surface area contributed by atoms with Crippen LogP contribution in [0.5, 0.6) is 0 Å². The van der Waals surface area contributed by atoms with Gasteiger partial charge in [-0.3, -0.25) is 9.59 Å². The molecular weight excluding hydrogens is 377 g/mol. The molecule has 0 saturated carbocycles. The lowest BCUT2D eigenvalue weighted by Crippen LogP contribution is -2.40. The number of carbonyl (C=O) groups excluding carboxylic acids is 2. The summed E-state index contributed by atoms with van der Waals surface area (Å²) in [5.41, 5.74) is 1.69. The van der Waals surface area contributed by atoms with Crippen LogP contribution in [0.3, 0.4) is 0 Å². The van der Waals surface area contributed by atoms with E-state index in [1.807, 2.05) is 24.1 Å². The zero-order valence-electron chi connectivity index (χ0n) is 16.3. The molecule has 1 fully saturated rings. The first-order valence-corrected chi connectivity index (χ1v) is 10.5. The predicted molar refractivity (Wildman–Crippen MR) is 107 cm³/mol. The van der Waals surface area contributed by atoms with Crippen LogP contribution in [0.1, 0.15) is 48.9 Å². The van der Waals surface area contributed by atoms with Crippen LogP contribution >= 0.6 is 11.3 Å². The summed E-state index contributed by atoms with van der Waals surface area (Å²) in [7, 11) is 0. The van der Waals surface area contributed by atoms with Gasteiger partial charge in [-0.1, -0.05) is 26.0 Å². The number of hydrogen-bond acceptors (Lipinski definition) is 4. The highest BCUT2D eigenvalue weighted by Gasteiger charge is 2.26. The molecule has 7 heteroatoms. The minimum Gasteiger partial charge on any atom is -0.350 e. The summed E-state index contributed by atoms with van der Waals surface area (Å²) in [5.74, 6) is -0.0249. The van der Waals surface area contributed by atoms with E-state index in [0.717, 1.165) is 35.7 Å². The molecule has 1 aromatic carbocycles. The normalized spacial score (nSPS) is 17.0. The minimum absolute atomic E-state index is 0.0183. The van der Waals surface area contributed by atoms with Gasteiger partial charge in [-0.2, -0.15) is 0 Å². The average molecular weight is 404 g/mol. The first-order chi connectivity index (χ1) is 13.4. The molecule has 0 radical (unpaired) electrons. The summed E-state index contributed by atoms with van der Waals surface area (Å²) in [5, 5.41) is 5.89. The number of carbonyl (C=O) groups is 2. The van der Waals surface area contributed by atoms with Crippen LogP contribution in [0.4, 0.5) is 4.39 Å². The van der Waals surface area contributed by atoms with Gasteiger partial charge < -0.3 is 10.2 Å². The Balaban J connectivity index is 1.56. The molecule has 1 atom stereocenters. The average Bonchev–Trinajstić information content (AvgIpc) is 3.17. The number of nitrogens with one attached hydrogen (secondary N) is 1. The molecule has 150 valence electrons. The second kappa shape index (κ2) is 9.28. The third-order valence-corrected chi connectivity index (χ3v) is 5.99. The van der Waals surface area contributed by atoms with E-state index in [4.69, 9.17) is 0 Å². The maximum absolute atomic E-state index is 13.0. The van der Waals surface area contributed by atoms with Gasteiger partial charge in [0.05, 0.1) is 23.7 Å². The number of amides is 2. The fourth-order valence-corrected chi connectivity index (χ4v) is 4.21. The van der Waals surface area contributed by atoms with Crippen LogP contribution < -0.4 is 5.32 Å². The zero-order chi connectivity index (χ0) is 20.1. The molecule has 2 aromatic rings. The SMILES string of the molecule is CC(C)C(=O)NCc1csc([C@H]2CCCN(C(=O)Cc3ccc(F)cc3)C2)n1. The standard InChI is InChI=1S/C21H26FN3O2S/c1-14(2)20(27)23-11-18-13-28-21(24-18)16-4-3-9-25(12-16)19(26)10-15-5-7-17(22)8-6-15/h5-8,13-14,16H,3-4,9-12H2,1-2H3,(H,23,27)/t16-/m0/s1. The summed E-state index contributed by atoms with van der Waals surface area (Å²) in [4.78, 5) is 30.9. The van der Waals surface area contributed by atoms with E-state index < -0.39 is 0 Å². The highest BCUT2D eigenvalue weighted by Crippen LogP contribution is 2.29. The second-order valence-electron chi connectivity index (χ2n) is 7.53. The molecule has 28 heavy (non-hydrogen) atoms. The topological polar surface area (TPSA) is 62.3 Å². The maximum Gasteiger partial charge on any atom is 0.227 e. The van der Waals surface area contributed by atoms with E-state index in [2.05, 4.69) is 10.3 Å². The number of nitrogens with zero attached hydrogens (tertiary/aromatic N) is 2. The van der Waals surface area contributed by atoms with E-state index >= 15 is 0 Å². The molecule has 3 rings (SSSR count). The first kappa shape index (κ1) is 20.5. The molecule has 1 aliphatic rings. The smallest absolute Gasteiger partial charge is 0.227 e. The van der Waals surface area contributed by atoms with Gasteiger partial charge in [0.2, 0.25) is 11.8 Å². The quantitative estimate of drug-likeness (QED) is 0.803. The van der Waals surface area contributed by atoms with Gasteiger partial charge >= 0.3 is 0 Å². The second-order valence-corrected chi connectivity index (χ2v) is 8.42. The summed E-state index contributed by atoms with van der Waals surface area (Å²) >= 11 is 1.59. The van der Waals surface area contributed by atoms with E-state index in [0.29, 0.717) is 13.1 Å². The Kier molecular flexibility index (Phi) is 6.78. The lowest BCUT2D eigenvalue weighted by molar-refractivity contribution is -0.131. The van der Waals surface area contributed by atoms with Crippen LogP contribution in [0, 0.1) is 11.7 Å². The number of aromatic nitrogens is 1. The summed E-state index contributed by atoms with van der Waals surface area (Å²) in [6.45, 7) is 5.57. The molecular formula is C21H26FN3O2S. The lowest BCUT2D eigenvalue weighted by Gasteiger charge is -2.32. The zero-order valence-corrected chi connectivity index (χ0v) is 17.1. The van der Waals surface area contributed by atoms with E-state index in [-0.39, 0.29) is 35.9 Å². The van der Waals surface area contributed by atoms with Gasteiger partial charge in [0.25, 0.3) is 0 Å². The van der Waals surface area contributed by atoms with Crippen LogP contribution in [0.2, 0.25) is 0 Å². The Morgan fingerprint density at radius 3 is 2.79 bits per heavy atom. The Morgan fingerprint density at radius 1 is 1.32 bits per heavy atom. The predicted octanol–water partition coefficient (Wildman–Crippen LogP) is 3.50. The molecule has 0 bridgehead atoms. The number of halogens is 1. The van der Waals surface area contributed by atoms with Crippen molar-refractivity contribution in [2.45, 2.75) is 45.6 Å². The van der Waals surface area contributed by atoms with Crippen molar-refractivity contribution in [3.05, 3.63) is 51.7 Å². The molecule has 1 saturated heterocycles. The van der Waals surface area contributed by atoms with Crippen molar-refractivity contribution in [1.82, 2.24) is 15.2 Å². The van der Waals surface area contributed by atoms with E-state index in [1.54, 1.807) is 23.5 Å². The fraction of sp³-hybridized carbons (Fsp3) is 0.476. The van der Waals surface area contributed by atoms with Crippen LogP contribution in [-0.2, 0) is 22.6 Å². The van der Waals surface area contributed by atoms with Crippen LogP contribution in [0.15, 0.2) is 29.6 Å². The van der Waals surface area contributed by atoms with Gasteiger partial charge in [-0.25, -0.2) is 9.37 Å². The number of rotatable bonds is 6. The number of hydrogen-bond donors (Lipinski definition) is 1. The van der Waals surface area contributed by atoms with E-state index in [1.165, 1.54) is 12.1 Å². The molecule has 0 unspecified atom stereocenters. The molecule has 0 spiro atoms. The van der Waals surface area contributed by atoms with E-state index in [9.17, 15) is 14.0 Å². The van der Waals surface area contributed by atoms with Crippen molar-refractivity contribution in [3.63, 3.8) is 0 Å². The van der Waals surface area contributed by atoms with Gasteiger partial charge in [0.15, 0.2) is 0 Å². The highest BCUT2D eigenvalue weighted by molar-refractivity contribution is 7.09. The Hall–Kier alpha value is -2.28. The maximum atomic E-state index is 13.0. The fourth-order valence-electron chi connectivity index (χ4n) is 3.27. The molecule has 2 amide bonds. The van der Waals surface area contributed by atoms with Crippen molar-refractivity contribution in [3.8, 4) is 0 Å². The minimum atomic E-state index is -0.293. The van der Waals surface area contributed by atoms with Gasteiger partial charge in [0, 0.05) is 30.3 Å². The van der Waals surface area contributed by atoms with Crippen molar-refractivity contribution in [2.24, 2.45) is 5.92 Å². The van der Waals surface area contributed by atoms with Crippen molar-refractivity contribution >= 4 is 23.2 Å². The number of piperidine rings is 1. The Bertz CT molecular complexity index is 819. The van der Waals surface area contributed by atoms with Gasteiger partial charge in [-0.05, 0) is 30.5 Å². The van der Waals surface area contributed by atoms with Crippen LogP contribution in [-0.4, -0.2) is 34.8 Å². The molecule has 1 aromatic heterocycles. The Labute approximate surface area is 169 Å². The summed E-state index contributed by atoms with van der Waals surface area (Å²) in [6.07, 6.45) is 2.24. The monoisotopic (exact) mass is 403 g/mol. The van der Waals surface area contributed by atoms with Gasteiger partial charge in [-0.15, -0.1) is 11.3 Å². The molecule has 2 heterocycles. The molecule has 1 N–H and O–H groups in total. The third kappa shape index (κ3) is 5.38.